The molecule has 3 nitrogen and oxygen atoms in total. The van der Waals surface area contributed by atoms with Crippen LogP contribution >= 0.6 is 0 Å². The Kier molecular flexibility index (Phi) is 3.66. The number of aryl methyl sites for hydroxylation is 1. The van der Waals surface area contributed by atoms with Crippen LogP contribution in [0, 0.1) is 6.92 Å². The Bertz CT molecular complexity index is 441. The second kappa shape index (κ2) is 4.59. The van der Waals surface area contributed by atoms with Crippen molar-refractivity contribution in [2.75, 3.05) is 0 Å². The second-order valence-corrected chi connectivity index (χ2v) is 5.26. The third kappa shape index (κ3) is 3.49. The minimum Gasteiger partial charge on any atom is -0.389 e. The van der Waals surface area contributed by atoms with E-state index in [1.807, 2.05) is 6.92 Å². The van der Waals surface area contributed by atoms with E-state index in [4.69, 9.17) is 5.11 Å². The lowest BCUT2D eigenvalue weighted by Gasteiger charge is -2.00. The zero-order chi connectivity index (χ0) is 11.5. The van der Waals surface area contributed by atoms with Gasteiger partial charge in [0.2, 0.25) is 0 Å². The maximum Gasteiger partial charge on any atom is 0.199 e. The smallest absolute Gasteiger partial charge is 0.199 e. The quantitative estimate of drug-likeness (QED) is 0.852. The van der Waals surface area contributed by atoms with E-state index in [2.05, 4.69) is 0 Å². The number of rotatable bonds is 3. The molecule has 1 N–H and O–H groups in total. The largest absolute Gasteiger partial charge is 0.389 e. The Hall–Kier alpha value is -1.13. The van der Waals surface area contributed by atoms with E-state index in [0.717, 1.165) is 11.0 Å². The summed E-state index contributed by atoms with van der Waals surface area (Å²) in [6.45, 7) is 3.39. The van der Waals surface area contributed by atoms with Gasteiger partial charge in [-0.05, 0) is 32.1 Å². The van der Waals surface area contributed by atoms with Crippen LogP contribution in [0.15, 0.2) is 40.6 Å². The highest BCUT2D eigenvalue weighted by molar-refractivity contribution is 7.94. The van der Waals surface area contributed by atoms with Gasteiger partial charge < -0.3 is 5.11 Å². The molecule has 0 bridgehead atoms. The molecule has 1 aromatic rings. The molecule has 0 aromatic heterocycles. The summed E-state index contributed by atoms with van der Waals surface area (Å²) in [4.78, 5) is 0.241. The third-order valence-electron chi connectivity index (χ3n) is 1.89. The highest BCUT2D eigenvalue weighted by atomic mass is 32.2. The molecule has 1 rings (SSSR count). The number of aliphatic hydroxyl groups excluding tert-OH is 1. The molecule has 0 fully saturated rings. The van der Waals surface area contributed by atoms with E-state index in [9.17, 15) is 8.42 Å². The van der Waals surface area contributed by atoms with Crippen molar-refractivity contribution in [3.05, 3.63) is 41.3 Å². The standard InChI is InChI=1S/C11H14O3S/c1-9-3-5-11(6-4-9)15(13,14)8-7-10(2)12/h3-8,10,12H,1-2H3/b8-7+/t10-/m0/s1. The Balaban J connectivity index is 3.02. The van der Waals surface area contributed by atoms with Crippen molar-refractivity contribution in [1.29, 1.82) is 0 Å². The molecule has 1 aromatic carbocycles. The van der Waals surface area contributed by atoms with E-state index in [1.165, 1.54) is 13.0 Å². The van der Waals surface area contributed by atoms with Crippen LogP contribution in [0.5, 0.6) is 0 Å². The fourth-order valence-electron chi connectivity index (χ4n) is 1.02. The fraction of sp³-hybridized carbons (Fsp3) is 0.273. The van der Waals surface area contributed by atoms with Crippen molar-refractivity contribution in [2.24, 2.45) is 0 Å². The number of hydrogen-bond acceptors (Lipinski definition) is 3. The summed E-state index contributed by atoms with van der Waals surface area (Å²) in [6, 6.07) is 6.58. The lowest BCUT2D eigenvalue weighted by atomic mass is 10.2. The van der Waals surface area contributed by atoms with E-state index in [0.29, 0.717) is 0 Å². The average Bonchev–Trinajstić information content (AvgIpc) is 2.16. The summed E-state index contributed by atoms with van der Waals surface area (Å²) in [5.74, 6) is 0. The van der Waals surface area contributed by atoms with Gasteiger partial charge in [0.1, 0.15) is 0 Å². The first-order valence-corrected chi connectivity index (χ1v) is 6.14. The molecule has 0 aliphatic heterocycles. The van der Waals surface area contributed by atoms with E-state index in [1.54, 1.807) is 24.3 Å². The molecule has 82 valence electrons. The van der Waals surface area contributed by atoms with Crippen LogP contribution in [0.3, 0.4) is 0 Å². The molecule has 0 aliphatic rings. The number of hydrogen-bond donors (Lipinski definition) is 1. The Morgan fingerprint density at radius 3 is 2.27 bits per heavy atom. The van der Waals surface area contributed by atoms with Gasteiger partial charge in [0, 0.05) is 5.41 Å². The van der Waals surface area contributed by atoms with E-state index in [-0.39, 0.29) is 4.90 Å². The van der Waals surface area contributed by atoms with Crippen LogP contribution in [-0.2, 0) is 9.84 Å². The van der Waals surface area contributed by atoms with Gasteiger partial charge in [-0.15, -0.1) is 0 Å². The van der Waals surface area contributed by atoms with Crippen LogP contribution in [0.4, 0.5) is 0 Å². The maximum atomic E-state index is 11.7. The van der Waals surface area contributed by atoms with Crippen LogP contribution < -0.4 is 0 Å². The van der Waals surface area contributed by atoms with Crippen molar-refractivity contribution in [2.45, 2.75) is 24.8 Å². The molecule has 0 saturated carbocycles. The monoisotopic (exact) mass is 226 g/mol. The van der Waals surface area contributed by atoms with Crippen molar-refractivity contribution >= 4 is 9.84 Å². The Morgan fingerprint density at radius 1 is 1.27 bits per heavy atom. The minimum absolute atomic E-state index is 0.241. The molecular weight excluding hydrogens is 212 g/mol. The minimum atomic E-state index is -3.41. The summed E-state index contributed by atoms with van der Waals surface area (Å²) in [5.41, 5.74) is 1.01. The maximum absolute atomic E-state index is 11.7. The first kappa shape index (κ1) is 11.9. The molecular formula is C11H14O3S. The zero-order valence-electron chi connectivity index (χ0n) is 8.71. The highest BCUT2D eigenvalue weighted by Crippen LogP contribution is 2.13. The molecule has 0 heterocycles. The molecule has 0 amide bonds. The van der Waals surface area contributed by atoms with Gasteiger partial charge in [-0.1, -0.05) is 17.7 Å². The number of sulfone groups is 1. The van der Waals surface area contributed by atoms with Gasteiger partial charge in [0.15, 0.2) is 9.84 Å². The SMILES string of the molecule is Cc1ccc(S(=O)(=O)/C=C/[C@H](C)O)cc1. The molecule has 0 saturated heterocycles. The number of benzene rings is 1. The van der Waals surface area contributed by atoms with Gasteiger partial charge in [-0.3, -0.25) is 0 Å². The average molecular weight is 226 g/mol. The van der Waals surface area contributed by atoms with Crippen LogP contribution in [-0.4, -0.2) is 19.6 Å². The van der Waals surface area contributed by atoms with Crippen LogP contribution in [0.25, 0.3) is 0 Å². The lowest BCUT2D eigenvalue weighted by Crippen LogP contribution is -1.99. The molecule has 0 radical (unpaired) electrons. The van der Waals surface area contributed by atoms with Crippen molar-refractivity contribution < 1.29 is 13.5 Å². The predicted molar refractivity (Wildman–Crippen MR) is 59.2 cm³/mol. The van der Waals surface area contributed by atoms with Crippen LogP contribution in [0.1, 0.15) is 12.5 Å². The van der Waals surface area contributed by atoms with Gasteiger partial charge in [0.25, 0.3) is 0 Å². The van der Waals surface area contributed by atoms with E-state index >= 15 is 0 Å². The summed E-state index contributed by atoms with van der Waals surface area (Å²) >= 11 is 0. The molecule has 4 heteroatoms. The normalized spacial score (nSPS) is 14.3. The summed E-state index contributed by atoms with van der Waals surface area (Å²) in [6.07, 6.45) is 0.486. The van der Waals surface area contributed by atoms with Gasteiger partial charge in [0.05, 0.1) is 11.0 Å². The molecule has 1 atom stereocenters. The van der Waals surface area contributed by atoms with Gasteiger partial charge in [-0.25, -0.2) is 8.42 Å². The molecule has 0 aliphatic carbocycles. The summed E-state index contributed by atoms with van der Waals surface area (Å²) in [5, 5.41) is 9.99. The third-order valence-corrected chi connectivity index (χ3v) is 3.33. The Morgan fingerprint density at radius 2 is 1.80 bits per heavy atom. The molecule has 15 heavy (non-hydrogen) atoms. The topological polar surface area (TPSA) is 54.4 Å². The highest BCUT2D eigenvalue weighted by Gasteiger charge is 2.09. The first-order valence-electron chi connectivity index (χ1n) is 4.60. The Labute approximate surface area is 90.0 Å². The number of aliphatic hydroxyl groups is 1. The molecule has 0 spiro atoms. The van der Waals surface area contributed by atoms with Gasteiger partial charge >= 0.3 is 0 Å². The van der Waals surface area contributed by atoms with Crippen molar-refractivity contribution in [3.63, 3.8) is 0 Å². The van der Waals surface area contributed by atoms with Crippen LogP contribution in [0.2, 0.25) is 0 Å². The second-order valence-electron chi connectivity index (χ2n) is 3.43. The fourth-order valence-corrected chi connectivity index (χ4v) is 2.13. The summed E-state index contributed by atoms with van der Waals surface area (Å²) in [7, 11) is -3.41. The summed E-state index contributed by atoms with van der Waals surface area (Å²) < 4.78 is 23.3. The zero-order valence-corrected chi connectivity index (χ0v) is 9.53. The molecule has 0 unspecified atom stereocenters. The first-order chi connectivity index (χ1) is 6.92. The van der Waals surface area contributed by atoms with Crippen molar-refractivity contribution in [1.82, 2.24) is 0 Å². The van der Waals surface area contributed by atoms with Gasteiger partial charge in [-0.2, -0.15) is 0 Å². The lowest BCUT2D eigenvalue weighted by molar-refractivity contribution is 0.244. The van der Waals surface area contributed by atoms with E-state index < -0.39 is 15.9 Å². The van der Waals surface area contributed by atoms with Crippen molar-refractivity contribution in [3.8, 4) is 0 Å². The predicted octanol–water partition coefficient (Wildman–Crippen LogP) is 1.66.